The second kappa shape index (κ2) is 5.42. The molecular formula is C16H18N6O. The molecule has 1 atom stereocenters. The number of amides is 1. The van der Waals surface area contributed by atoms with Crippen molar-refractivity contribution >= 4 is 17.1 Å². The van der Waals surface area contributed by atoms with Crippen molar-refractivity contribution in [3.05, 3.63) is 48.3 Å². The van der Waals surface area contributed by atoms with Gasteiger partial charge in [0.1, 0.15) is 0 Å². The highest BCUT2D eigenvalue weighted by Crippen LogP contribution is 2.33. The number of nitrogens with two attached hydrogens (primary N) is 1. The third-order valence-electron chi connectivity index (χ3n) is 4.45. The van der Waals surface area contributed by atoms with Crippen LogP contribution in [0.1, 0.15) is 41.4 Å². The largest absolute Gasteiger partial charge is 0.396 e. The smallest absolute Gasteiger partial charge is 0.255 e. The van der Waals surface area contributed by atoms with Gasteiger partial charge in [0.2, 0.25) is 0 Å². The zero-order chi connectivity index (χ0) is 15.8. The summed E-state index contributed by atoms with van der Waals surface area (Å²) < 4.78 is 1.86. The SMILES string of the molecule is Nc1cn[nH]c1C1CCCCN1C(=O)c1ccc2cncn2c1. The molecule has 0 aromatic carbocycles. The van der Waals surface area contributed by atoms with Gasteiger partial charge in [0.25, 0.3) is 5.91 Å². The molecule has 7 heteroatoms. The number of likely N-dealkylation sites (tertiary alicyclic amines) is 1. The van der Waals surface area contributed by atoms with E-state index in [4.69, 9.17) is 5.73 Å². The summed E-state index contributed by atoms with van der Waals surface area (Å²) in [6.45, 7) is 0.726. The van der Waals surface area contributed by atoms with E-state index in [0.29, 0.717) is 11.3 Å². The van der Waals surface area contributed by atoms with Crippen LogP contribution in [0.2, 0.25) is 0 Å². The second-order valence-corrected chi connectivity index (χ2v) is 5.89. The summed E-state index contributed by atoms with van der Waals surface area (Å²) in [5, 5.41) is 6.95. The molecule has 4 rings (SSSR count). The van der Waals surface area contributed by atoms with E-state index in [1.54, 1.807) is 18.7 Å². The number of aromatic nitrogens is 4. The summed E-state index contributed by atoms with van der Waals surface area (Å²) in [5.41, 5.74) is 9.06. The molecule has 1 saturated heterocycles. The van der Waals surface area contributed by atoms with E-state index in [2.05, 4.69) is 15.2 Å². The monoisotopic (exact) mass is 310 g/mol. The Morgan fingerprint density at radius 3 is 3.04 bits per heavy atom. The quantitative estimate of drug-likeness (QED) is 0.757. The first-order valence-electron chi connectivity index (χ1n) is 7.75. The Kier molecular flexibility index (Phi) is 3.25. The van der Waals surface area contributed by atoms with Gasteiger partial charge in [-0.25, -0.2) is 4.98 Å². The number of aromatic amines is 1. The molecule has 0 spiro atoms. The number of hydrogen-bond acceptors (Lipinski definition) is 4. The number of fused-ring (bicyclic) bond motifs is 1. The van der Waals surface area contributed by atoms with E-state index in [1.165, 1.54) is 0 Å². The van der Waals surface area contributed by atoms with Crippen LogP contribution in [0.4, 0.5) is 5.69 Å². The Labute approximate surface area is 133 Å². The number of anilines is 1. The molecule has 7 nitrogen and oxygen atoms in total. The third-order valence-corrected chi connectivity index (χ3v) is 4.45. The minimum Gasteiger partial charge on any atom is -0.396 e. The molecule has 1 aliphatic heterocycles. The van der Waals surface area contributed by atoms with E-state index >= 15 is 0 Å². The van der Waals surface area contributed by atoms with Gasteiger partial charge in [0.15, 0.2) is 0 Å². The minimum atomic E-state index is -0.0442. The maximum Gasteiger partial charge on any atom is 0.255 e. The van der Waals surface area contributed by atoms with Gasteiger partial charge in [-0.3, -0.25) is 9.89 Å². The maximum atomic E-state index is 13.0. The summed E-state index contributed by atoms with van der Waals surface area (Å²) in [5.74, 6) is 0.0132. The average molecular weight is 310 g/mol. The predicted octanol–water partition coefficient (Wildman–Crippen LogP) is 2.01. The number of rotatable bonds is 2. The topological polar surface area (TPSA) is 92.3 Å². The number of hydrogen-bond donors (Lipinski definition) is 2. The number of piperidine rings is 1. The molecule has 3 N–H and O–H groups in total. The van der Waals surface area contributed by atoms with Crippen LogP contribution in [-0.2, 0) is 0 Å². The lowest BCUT2D eigenvalue weighted by molar-refractivity contribution is 0.0606. The highest BCUT2D eigenvalue weighted by molar-refractivity contribution is 5.94. The van der Waals surface area contributed by atoms with E-state index in [1.807, 2.05) is 27.6 Å². The molecular weight excluding hydrogens is 292 g/mol. The predicted molar refractivity (Wildman–Crippen MR) is 85.8 cm³/mol. The van der Waals surface area contributed by atoms with Crippen molar-refractivity contribution in [1.29, 1.82) is 0 Å². The van der Waals surface area contributed by atoms with Crippen molar-refractivity contribution in [3.8, 4) is 0 Å². The molecule has 1 aliphatic rings. The van der Waals surface area contributed by atoms with Crippen LogP contribution >= 0.6 is 0 Å². The van der Waals surface area contributed by atoms with Gasteiger partial charge in [-0.1, -0.05) is 0 Å². The number of imidazole rings is 1. The van der Waals surface area contributed by atoms with E-state index < -0.39 is 0 Å². The molecule has 0 saturated carbocycles. The number of nitrogen functional groups attached to an aromatic ring is 1. The number of pyridine rings is 1. The molecule has 3 aromatic rings. The van der Waals surface area contributed by atoms with Crippen LogP contribution in [0.5, 0.6) is 0 Å². The van der Waals surface area contributed by atoms with Crippen molar-refractivity contribution in [2.45, 2.75) is 25.3 Å². The Hall–Kier alpha value is -2.83. The van der Waals surface area contributed by atoms with E-state index in [0.717, 1.165) is 37.0 Å². The molecule has 1 amide bonds. The van der Waals surface area contributed by atoms with E-state index in [-0.39, 0.29) is 11.9 Å². The molecule has 1 fully saturated rings. The lowest BCUT2D eigenvalue weighted by Crippen LogP contribution is -2.39. The second-order valence-electron chi connectivity index (χ2n) is 5.89. The normalized spacial score (nSPS) is 18.4. The highest BCUT2D eigenvalue weighted by Gasteiger charge is 2.31. The van der Waals surface area contributed by atoms with Gasteiger partial charge in [-0.2, -0.15) is 5.10 Å². The molecule has 0 radical (unpaired) electrons. The van der Waals surface area contributed by atoms with Crippen LogP contribution in [0.15, 0.2) is 37.1 Å². The van der Waals surface area contributed by atoms with Gasteiger partial charge in [-0.15, -0.1) is 0 Å². The van der Waals surface area contributed by atoms with Gasteiger partial charge in [0.05, 0.1) is 47.2 Å². The summed E-state index contributed by atoms with van der Waals surface area (Å²) in [6.07, 6.45) is 9.87. The molecule has 3 aromatic heterocycles. The fourth-order valence-electron chi connectivity index (χ4n) is 3.26. The third kappa shape index (κ3) is 2.34. The number of carbonyl (C=O) groups is 1. The molecule has 0 bridgehead atoms. The summed E-state index contributed by atoms with van der Waals surface area (Å²) >= 11 is 0. The number of H-pyrrole nitrogens is 1. The first-order valence-corrected chi connectivity index (χ1v) is 7.75. The van der Waals surface area contributed by atoms with Gasteiger partial charge in [0, 0.05) is 12.7 Å². The molecule has 118 valence electrons. The first-order chi connectivity index (χ1) is 11.2. The van der Waals surface area contributed by atoms with Crippen molar-refractivity contribution in [2.75, 3.05) is 12.3 Å². The Balaban J connectivity index is 1.68. The van der Waals surface area contributed by atoms with Gasteiger partial charge >= 0.3 is 0 Å². The van der Waals surface area contributed by atoms with Crippen molar-refractivity contribution < 1.29 is 4.79 Å². The van der Waals surface area contributed by atoms with Crippen LogP contribution in [0, 0.1) is 0 Å². The van der Waals surface area contributed by atoms with E-state index in [9.17, 15) is 4.79 Å². The Morgan fingerprint density at radius 2 is 2.22 bits per heavy atom. The zero-order valence-electron chi connectivity index (χ0n) is 12.6. The van der Waals surface area contributed by atoms with Gasteiger partial charge in [-0.05, 0) is 31.4 Å². The molecule has 4 heterocycles. The standard InChI is InChI=1S/C16H18N6O/c17-13-8-19-20-15(13)14-3-1-2-6-22(14)16(23)11-4-5-12-7-18-10-21(12)9-11/h4-5,7-10,14H,1-3,6,17H2,(H,19,20). The van der Waals surface area contributed by atoms with Gasteiger partial charge < -0.3 is 15.0 Å². The fraction of sp³-hybridized carbons (Fsp3) is 0.312. The molecule has 1 unspecified atom stereocenters. The average Bonchev–Trinajstić information content (AvgIpc) is 3.22. The first kappa shape index (κ1) is 13.8. The van der Waals surface area contributed by atoms with Crippen molar-refractivity contribution in [2.24, 2.45) is 0 Å². The Morgan fingerprint density at radius 1 is 1.30 bits per heavy atom. The highest BCUT2D eigenvalue weighted by atomic mass is 16.2. The number of nitrogens with zero attached hydrogens (tertiary/aromatic N) is 4. The summed E-state index contributed by atoms with van der Waals surface area (Å²) in [4.78, 5) is 19.0. The van der Waals surface area contributed by atoms with Crippen LogP contribution in [0.3, 0.4) is 0 Å². The molecule has 23 heavy (non-hydrogen) atoms. The fourth-order valence-corrected chi connectivity index (χ4v) is 3.26. The van der Waals surface area contributed by atoms with Crippen molar-refractivity contribution in [1.82, 2.24) is 24.5 Å². The molecule has 0 aliphatic carbocycles. The number of carbonyl (C=O) groups excluding carboxylic acids is 1. The maximum absolute atomic E-state index is 13.0. The lowest BCUT2D eigenvalue weighted by Gasteiger charge is -2.35. The number of nitrogens with one attached hydrogen (secondary N) is 1. The summed E-state index contributed by atoms with van der Waals surface area (Å²) in [6, 6.07) is 3.71. The lowest BCUT2D eigenvalue weighted by atomic mass is 9.97. The van der Waals surface area contributed by atoms with Crippen molar-refractivity contribution in [3.63, 3.8) is 0 Å². The van der Waals surface area contributed by atoms with Crippen LogP contribution < -0.4 is 5.73 Å². The summed E-state index contributed by atoms with van der Waals surface area (Å²) in [7, 11) is 0. The van der Waals surface area contributed by atoms with Crippen LogP contribution in [0.25, 0.3) is 5.52 Å². The zero-order valence-corrected chi connectivity index (χ0v) is 12.6. The minimum absolute atomic E-state index is 0.0132. The Bertz CT molecular complexity index is 851. The van der Waals surface area contributed by atoms with Crippen LogP contribution in [-0.4, -0.2) is 36.9 Å².